The van der Waals surface area contributed by atoms with Crippen molar-refractivity contribution in [1.29, 1.82) is 0 Å². The molecule has 1 aliphatic heterocycles. The van der Waals surface area contributed by atoms with Crippen molar-refractivity contribution in [2.75, 3.05) is 47.2 Å². The highest BCUT2D eigenvalue weighted by Gasteiger charge is 2.19. The summed E-state index contributed by atoms with van der Waals surface area (Å²) in [5.41, 5.74) is 5.41. The summed E-state index contributed by atoms with van der Waals surface area (Å²) >= 11 is 0. The molecule has 3 heterocycles. The van der Waals surface area contributed by atoms with Gasteiger partial charge >= 0.3 is 6.03 Å². The highest BCUT2D eigenvalue weighted by atomic mass is 16.5. The fraction of sp³-hybridized carbons (Fsp3) is 0.188. The summed E-state index contributed by atoms with van der Waals surface area (Å²) in [7, 11) is 0. The number of nitrogens with one attached hydrogen (secondary N) is 3. The molecule has 11 nitrogen and oxygen atoms in total. The molecular weight excluding hydrogens is 544 g/mol. The van der Waals surface area contributed by atoms with Gasteiger partial charge < -0.3 is 25.6 Å². The number of amides is 3. The Kier molecular flexibility index (Phi) is 8.14. The first kappa shape index (κ1) is 27.7. The molecule has 3 aromatic carbocycles. The molecule has 3 amide bonds. The number of rotatable bonds is 7. The molecule has 0 aliphatic carbocycles. The maximum absolute atomic E-state index is 12.6. The second-order valence-corrected chi connectivity index (χ2v) is 9.96. The van der Waals surface area contributed by atoms with E-state index in [0.29, 0.717) is 42.5 Å². The average Bonchev–Trinajstić information content (AvgIpc) is 3.06. The number of benzene rings is 3. The van der Waals surface area contributed by atoms with E-state index >= 15 is 0 Å². The van der Waals surface area contributed by atoms with Gasteiger partial charge in [-0.05, 0) is 66.2 Å². The summed E-state index contributed by atoms with van der Waals surface area (Å²) in [5.74, 6) is 1.38. The van der Waals surface area contributed by atoms with Gasteiger partial charge in [-0.15, -0.1) is 0 Å². The van der Waals surface area contributed by atoms with Gasteiger partial charge in [0.05, 0.1) is 18.7 Å². The van der Waals surface area contributed by atoms with Crippen molar-refractivity contribution in [2.45, 2.75) is 13.3 Å². The van der Waals surface area contributed by atoms with Gasteiger partial charge in [0, 0.05) is 65.5 Å². The first-order valence-corrected chi connectivity index (χ1v) is 14.0. The number of fused-ring (bicyclic) bond motifs is 1. The van der Waals surface area contributed by atoms with Crippen LogP contribution in [0.15, 0.2) is 85.5 Å². The monoisotopic (exact) mass is 574 g/mol. The Hall–Kier alpha value is -5.42. The SMILES string of the molecule is CCC(=O)Nc1ccc(NC(=O)Nc2ccc(-c3nc(N4CCOCC4)c4ccc(-c5cncnc5)cc4n3)cc2)cc1. The van der Waals surface area contributed by atoms with Crippen molar-refractivity contribution in [2.24, 2.45) is 0 Å². The summed E-state index contributed by atoms with van der Waals surface area (Å²) in [6.45, 7) is 4.56. The molecule has 0 saturated carbocycles. The summed E-state index contributed by atoms with van der Waals surface area (Å²) in [5, 5.41) is 9.39. The molecular formula is C32H30N8O3. The number of urea groups is 1. The van der Waals surface area contributed by atoms with E-state index in [1.54, 1.807) is 43.6 Å². The molecule has 6 rings (SSSR count). The molecule has 0 radical (unpaired) electrons. The lowest BCUT2D eigenvalue weighted by Gasteiger charge is -2.29. The van der Waals surface area contributed by atoms with Crippen molar-refractivity contribution in [3.63, 3.8) is 0 Å². The van der Waals surface area contributed by atoms with E-state index < -0.39 is 0 Å². The second-order valence-electron chi connectivity index (χ2n) is 9.96. The molecule has 0 atom stereocenters. The molecule has 1 fully saturated rings. The van der Waals surface area contributed by atoms with Crippen LogP contribution >= 0.6 is 0 Å². The minimum atomic E-state index is -0.382. The van der Waals surface area contributed by atoms with Crippen molar-refractivity contribution in [1.82, 2.24) is 19.9 Å². The van der Waals surface area contributed by atoms with Crippen LogP contribution < -0.4 is 20.9 Å². The number of ether oxygens (including phenoxy) is 1. The maximum Gasteiger partial charge on any atom is 0.323 e. The zero-order valence-electron chi connectivity index (χ0n) is 23.6. The number of hydrogen-bond donors (Lipinski definition) is 3. The fourth-order valence-corrected chi connectivity index (χ4v) is 4.77. The van der Waals surface area contributed by atoms with E-state index in [1.165, 1.54) is 6.33 Å². The minimum Gasteiger partial charge on any atom is -0.378 e. The largest absolute Gasteiger partial charge is 0.378 e. The van der Waals surface area contributed by atoms with Crippen LogP contribution in [0.2, 0.25) is 0 Å². The Bertz CT molecular complexity index is 1740. The Labute approximate surface area is 248 Å². The molecule has 11 heteroatoms. The van der Waals surface area contributed by atoms with Crippen LogP contribution in [0.3, 0.4) is 0 Å². The highest BCUT2D eigenvalue weighted by Crippen LogP contribution is 2.31. The van der Waals surface area contributed by atoms with Crippen molar-refractivity contribution >= 4 is 45.7 Å². The Morgan fingerprint density at radius 1 is 0.767 bits per heavy atom. The van der Waals surface area contributed by atoms with Crippen LogP contribution in [0.5, 0.6) is 0 Å². The van der Waals surface area contributed by atoms with Crippen molar-refractivity contribution in [3.8, 4) is 22.5 Å². The van der Waals surface area contributed by atoms with E-state index in [4.69, 9.17) is 14.7 Å². The maximum atomic E-state index is 12.6. The molecule has 0 unspecified atom stereocenters. The topological polar surface area (TPSA) is 134 Å². The first-order chi connectivity index (χ1) is 21.1. The van der Waals surface area contributed by atoms with Crippen LogP contribution in [-0.4, -0.2) is 58.2 Å². The third kappa shape index (κ3) is 6.57. The first-order valence-electron chi connectivity index (χ1n) is 14.0. The molecule has 5 aromatic rings. The second kappa shape index (κ2) is 12.6. The third-order valence-electron chi connectivity index (χ3n) is 7.03. The number of carbonyl (C=O) groups is 2. The Balaban J connectivity index is 1.22. The van der Waals surface area contributed by atoms with Crippen LogP contribution in [0.1, 0.15) is 13.3 Å². The molecule has 1 aliphatic rings. The van der Waals surface area contributed by atoms with E-state index in [9.17, 15) is 9.59 Å². The minimum absolute atomic E-state index is 0.0691. The molecule has 0 bridgehead atoms. The molecule has 216 valence electrons. The predicted octanol–water partition coefficient (Wildman–Crippen LogP) is 5.58. The number of carbonyl (C=O) groups excluding carboxylic acids is 2. The Morgan fingerprint density at radius 2 is 1.37 bits per heavy atom. The smallest absolute Gasteiger partial charge is 0.323 e. The van der Waals surface area contributed by atoms with E-state index in [-0.39, 0.29) is 11.9 Å². The lowest BCUT2D eigenvalue weighted by atomic mass is 10.1. The lowest BCUT2D eigenvalue weighted by molar-refractivity contribution is -0.115. The van der Waals surface area contributed by atoms with Gasteiger partial charge in [-0.3, -0.25) is 4.79 Å². The van der Waals surface area contributed by atoms with Crippen LogP contribution in [-0.2, 0) is 9.53 Å². The number of aromatic nitrogens is 4. The molecule has 43 heavy (non-hydrogen) atoms. The van der Waals surface area contributed by atoms with Gasteiger partial charge in [-0.25, -0.2) is 24.7 Å². The van der Waals surface area contributed by atoms with Crippen molar-refractivity contribution < 1.29 is 14.3 Å². The number of anilines is 4. The van der Waals surface area contributed by atoms with E-state index in [1.807, 2.05) is 42.5 Å². The predicted molar refractivity (Wildman–Crippen MR) is 167 cm³/mol. The fourth-order valence-electron chi connectivity index (χ4n) is 4.77. The number of morpholine rings is 1. The van der Waals surface area contributed by atoms with Crippen molar-refractivity contribution in [3.05, 3.63) is 85.5 Å². The van der Waals surface area contributed by atoms with Gasteiger partial charge in [-0.2, -0.15) is 0 Å². The van der Waals surface area contributed by atoms with E-state index in [0.717, 1.165) is 46.5 Å². The van der Waals surface area contributed by atoms with E-state index in [2.05, 4.69) is 30.8 Å². The molecule has 2 aromatic heterocycles. The third-order valence-corrected chi connectivity index (χ3v) is 7.03. The van der Waals surface area contributed by atoms with Crippen LogP contribution in [0.25, 0.3) is 33.4 Å². The normalized spacial score (nSPS) is 13.0. The zero-order valence-corrected chi connectivity index (χ0v) is 23.6. The summed E-state index contributed by atoms with van der Waals surface area (Å²) in [6, 6.07) is 20.1. The van der Waals surface area contributed by atoms with Gasteiger partial charge in [0.25, 0.3) is 0 Å². The quantitative estimate of drug-likeness (QED) is 0.229. The molecule has 1 saturated heterocycles. The van der Waals surface area contributed by atoms with Crippen LogP contribution in [0, 0.1) is 0 Å². The lowest BCUT2D eigenvalue weighted by Crippen LogP contribution is -2.37. The standard InChI is InChI=1S/C32H30N8O3/c1-2-29(41)35-24-8-10-26(11-9-24)37-32(42)36-25-6-3-21(4-7-25)30-38-28-17-22(23-18-33-20-34-19-23)5-12-27(28)31(39-30)40-13-15-43-16-14-40/h3-12,17-20H,2,13-16H2,1H3,(H,35,41)(H2,36,37,42). The van der Waals surface area contributed by atoms with Gasteiger partial charge in [0.2, 0.25) is 5.91 Å². The van der Waals surface area contributed by atoms with Gasteiger partial charge in [0.1, 0.15) is 12.1 Å². The van der Waals surface area contributed by atoms with Gasteiger partial charge in [0.15, 0.2) is 5.82 Å². The number of hydrogen-bond acceptors (Lipinski definition) is 8. The Morgan fingerprint density at radius 3 is 2.02 bits per heavy atom. The van der Waals surface area contributed by atoms with Gasteiger partial charge in [-0.1, -0.05) is 13.0 Å². The molecule has 3 N–H and O–H groups in total. The summed E-state index contributed by atoms with van der Waals surface area (Å²) < 4.78 is 5.58. The summed E-state index contributed by atoms with van der Waals surface area (Å²) in [6.07, 6.45) is 5.47. The summed E-state index contributed by atoms with van der Waals surface area (Å²) in [4.78, 5) is 44.6. The molecule has 0 spiro atoms. The average molecular weight is 575 g/mol. The number of nitrogens with zero attached hydrogens (tertiary/aromatic N) is 5. The zero-order chi connectivity index (χ0) is 29.6. The highest BCUT2D eigenvalue weighted by molar-refractivity contribution is 6.00. The van der Waals surface area contributed by atoms with Crippen LogP contribution in [0.4, 0.5) is 27.7 Å².